The van der Waals surface area contributed by atoms with Crippen LogP contribution >= 0.6 is 0 Å². The molecule has 0 atom stereocenters. The van der Waals surface area contributed by atoms with Crippen LogP contribution in [0.25, 0.3) is 61.0 Å². The van der Waals surface area contributed by atoms with Crippen molar-refractivity contribution in [3.05, 3.63) is 199 Å². The van der Waals surface area contributed by atoms with E-state index in [1.54, 1.807) is 0 Å². The molecule has 0 amide bonds. The summed E-state index contributed by atoms with van der Waals surface area (Å²) < 4.78 is 2.28. The zero-order chi connectivity index (χ0) is 40.3. The van der Waals surface area contributed by atoms with Crippen LogP contribution in [0.1, 0.15) is 45.7 Å². The minimum atomic E-state index is -0.442. The Kier molecular flexibility index (Phi) is 10.1. The van der Waals surface area contributed by atoms with Gasteiger partial charge in [-0.3, -0.25) is 0 Å². The fourth-order valence-electron chi connectivity index (χ4n) is 8.54. The molecule has 0 fully saturated rings. The summed E-state index contributed by atoms with van der Waals surface area (Å²) in [7, 11) is 0. The Labute approximate surface area is 366 Å². The molecule has 0 saturated heterocycles. The van der Waals surface area contributed by atoms with E-state index in [-0.39, 0.29) is 26.6 Å². The summed E-state index contributed by atoms with van der Waals surface area (Å²) in [5.74, 6) is 0.841. The molecule has 60 heavy (non-hydrogen) atoms. The van der Waals surface area contributed by atoms with E-state index in [2.05, 4.69) is 226 Å². The number of hydrogen-bond acceptors (Lipinski definition) is 3. The number of hydroxylamine groups is 1. The molecule has 298 valence electrons. The molecule has 1 N–H and O–H groups in total. The van der Waals surface area contributed by atoms with Gasteiger partial charge in [-0.15, -0.1) is 27.6 Å². The molecule has 10 rings (SSSR count). The predicted octanol–water partition coefficient (Wildman–Crippen LogP) is 13.7. The van der Waals surface area contributed by atoms with Gasteiger partial charge in [0.15, 0.2) is 0 Å². The number of anilines is 3. The van der Waals surface area contributed by atoms with Crippen LogP contribution in [-0.4, -0.2) is 20.0 Å². The van der Waals surface area contributed by atoms with Crippen LogP contribution < -0.4 is 10.1 Å². The van der Waals surface area contributed by atoms with Crippen LogP contribution in [0.3, 0.4) is 0 Å². The van der Waals surface area contributed by atoms with Crippen LogP contribution in [0.5, 0.6) is 0 Å². The van der Waals surface area contributed by atoms with Gasteiger partial charge in [-0.05, 0) is 95.3 Å². The molecular formula is C54H45N4OPt-. The predicted molar refractivity (Wildman–Crippen MR) is 244 cm³/mol. The summed E-state index contributed by atoms with van der Waals surface area (Å²) in [4.78, 5) is 10.2. The molecule has 0 spiro atoms. The smallest absolute Gasteiger partial charge is 0.145 e. The topological polar surface area (TPSA) is 37.1 Å². The largest absolute Gasteiger partial charge is 0.319 e. The Morgan fingerprint density at radius 2 is 1.15 bits per heavy atom. The Morgan fingerprint density at radius 1 is 0.533 bits per heavy atom. The second kappa shape index (κ2) is 15.4. The summed E-state index contributed by atoms with van der Waals surface area (Å²) in [6.07, 6.45) is 1.94. The summed E-state index contributed by atoms with van der Waals surface area (Å²) in [5.41, 5.74) is 13.6. The van der Waals surface area contributed by atoms with Gasteiger partial charge in [-0.2, -0.15) is 46.4 Å². The standard InChI is InChI=1S/C54H44N4O.Pt/c1-53(2,3)58-49-29-15-14-28-48(49)57(59-58)42-23-16-22-40(35-42)54(4,5)41-30-31-46-45-24-12-13-27-47(45)56(50(46)36-41)51-34-39(32-33-55-51)52-43(37-18-8-6-9-19-37)25-17-26-44(52)38-20-10-7-11-21-38;/h6-34H,1-5H3;/q-2;/p+1. The van der Waals surface area contributed by atoms with Crippen LogP contribution in [0.2, 0.25) is 0 Å². The third kappa shape index (κ3) is 6.72. The number of hydrogen-bond donors (Lipinski definition) is 0. The zero-order valence-corrected chi connectivity index (χ0v) is 36.6. The SMILES string of the molecule is CC(C)(c1[c-]c(N2[OH+]N(C(C)(C)C)c3ccccc32)ccc1)c1[c-]c2c(cc1)c1ccccc1n2-c1cc(-c2c(-c3ccccc3)cccc2-c2ccccc2)ccn1.[Pt]. The first-order valence-corrected chi connectivity index (χ1v) is 20.3. The fourth-order valence-corrected chi connectivity index (χ4v) is 8.54. The van der Waals surface area contributed by atoms with E-state index in [4.69, 9.17) is 9.92 Å². The molecule has 5 nitrogen and oxygen atoms in total. The first kappa shape index (κ1) is 39.2. The molecule has 1 aliphatic heterocycles. The van der Waals surface area contributed by atoms with Crippen molar-refractivity contribution in [2.24, 2.45) is 0 Å². The molecule has 0 aliphatic carbocycles. The molecule has 0 unspecified atom stereocenters. The second-order valence-electron chi connectivity index (χ2n) is 16.8. The maximum Gasteiger partial charge on any atom is 0.145 e. The van der Waals surface area contributed by atoms with Gasteiger partial charge in [-0.1, -0.05) is 129 Å². The number of benzene rings is 7. The third-order valence-electron chi connectivity index (χ3n) is 11.6. The van der Waals surface area contributed by atoms with Gasteiger partial charge in [0.25, 0.3) is 0 Å². The molecule has 3 heterocycles. The maximum absolute atomic E-state index is 5.10. The molecule has 0 bridgehead atoms. The summed E-state index contributed by atoms with van der Waals surface area (Å²) in [6.45, 7) is 11.1. The minimum absolute atomic E-state index is 0. The van der Waals surface area contributed by atoms with Gasteiger partial charge < -0.3 is 4.57 Å². The molecule has 9 aromatic rings. The first-order valence-electron chi connectivity index (χ1n) is 20.3. The molecule has 7 aromatic carbocycles. The van der Waals surface area contributed by atoms with Crippen molar-refractivity contribution < 1.29 is 26.0 Å². The quantitative estimate of drug-likeness (QED) is 0.118. The average molecular weight is 961 g/mol. The van der Waals surface area contributed by atoms with Crippen molar-refractivity contribution in [3.8, 4) is 39.2 Å². The summed E-state index contributed by atoms with van der Waals surface area (Å²) in [5, 5.41) is 6.41. The van der Waals surface area contributed by atoms with Crippen molar-refractivity contribution >= 4 is 38.9 Å². The number of para-hydroxylation sites is 3. The Hall–Kier alpha value is -6.26. The molecule has 6 heteroatoms. The summed E-state index contributed by atoms with van der Waals surface area (Å²) in [6, 6.07) is 67.9. The zero-order valence-electron chi connectivity index (χ0n) is 34.3. The van der Waals surface area contributed by atoms with Crippen LogP contribution in [0.4, 0.5) is 17.1 Å². The Bertz CT molecular complexity index is 2950. The Morgan fingerprint density at radius 3 is 1.85 bits per heavy atom. The molecule has 2 aromatic heterocycles. The monoisotopic (exact) mass is 960 g/mol. The number of fused-ring (bicyclic) bond motifs is 4. The van der Waals surface area contributed by atoms with Gasteiger partial charge in [-0.25, -0.2) is 4.98 Å². The van der Waals surface area contributed by atoms with Crippen molar-refractivity contribution in [1.82, 2.24) is 9.55 Å². The molecule has 0 radical (unpaired) electrons. The van der Waals surface area contributed by atoms with Crippen molar-refractivity contribution in [3.63, 3.8) is 0 Å². The minimum Gasteiger partial charge on any atom is -0.319 e. The van der Waals surface area contributed by atoms with Crippen LogP contribution in [-0.2, 0) is 26.5 Å². The van der Waals surface area contributed by atoms with E-state index < -0.39 is 5.41 Å². The van der Waals surface area contributed by atoms with E-state index in [1.807, 2.05) is 11.3 Å². The van der Waals surface area contributed by atoms with E-state index in [1.165, 1.54) is 27.8 Å². The van der Waals surface area contributed by atoms with E-state index >= 15 is 0 Å². The summed E-state index contributed by atoms with van der Waals surface area (Å²) >= 11 is 0. The number of pyridine rings is 1. The fraction of sp³-hybridized carbons (Fsp3) is 0.130. The van der Waals surface area contributed by atoms with E-state index in [9.17, 15) is 0 Å². The first-order chi connectivity index (χ1) is 28.7. The van der Waals surface area contributed by atoms with Gasteiger partial charge in [0.05, 0.1) is 0 Å². The van der Waals surface area contributed by atoms with Gasteiger partial charge in [0, 0.05) is 38.5 Å². The number of aromatic nitrogens is 2. The Balaban J connectivity index is 0.00000462. The van der Waals surface area contributed by atoms with E-state index in [0.29, 0.717) is 0 Å². The van der Waals surface area contributed by atoms with Gasteiger partial charge in [0.2, 0.25) is 0 Å². The average Bonchev–Trinajstić information content (AvgIpc) is 3.84. The van der Waals surface area contributed by atoms with Crippen molar-refractivity contribution in [1.29, 1.82) is 0 Å². The van der Waals surface area contributed by atoms with Crippen molar-refractivity contribution in [2.45, 2.75) is 45.6 Å². The number of rotatable bonds is 7. The van der Waals surface area contributed by atoms with E-state index in [0.717, 1.165) is 61.4 Å². The number of nitrogens with zero attached hydrogens (tertiary/aromatic N) is 4. The molecule has 0 saturated carbocycles. The molecule has 1 aliphatic rings. The normalized spacial score (nSPS) is 12.8. The van der Waals surface area contributed by atoms with Crippen LogP contribution in [0.15, 0.2) is 176 Å². The third-order valence-corrected chi connectivity index (χ3v) is 11.6. The molecular weight excluding hydrogens is 916 g/mol. The van der Waals surface area contributed by atoms with Gasteiger partial charge >= 0.3 is 0 Å². The van der Waals surface area contributed by atoms with Crippen molar-refractivity contribution in [2.75, 3.05) is 10.1 Å². The van der Waals surface area contributed by atoms with Crippen LogP contribution in [0, 0.1) is 12.1 Å². The maximum atomic E-state index is 5.10. The second-order valence-corrected chi connectivity index (χ2v) is 16.8. The van der Waals surface area contributed by atoms with Gasteiger partial charge in [0.1, 0.15) is 22.7 Å².